The number of carbonyl (C=O) groups excluding carboxylic acids is 1. The molecule has 4 atom stereocenters. The average molecular weight is 338 g/mol. The Kier molecular flexibility index (Phi) is 4.69. The first kappa shape index (κ1) is 16.6. The van der Waals surface area contributed by atoms with Gasteiger partial charge in [0, 0.05) is 24.7 Å². The number of nitrogens with one attached hydrogen (secondary N) is 2. The van der Waals surface area contributed by atoms with Gasteiger partial charge in [0.1, 0.15) is 6.17 Å². The third kappa shape index (κ3) is 3.27. The molecule has 0 bridgehead atoms. The van der Waals surface area contributed by atoms with E-state index in [2.05, 4.69) is 27.5 Å². The lowest BCUT2D eigenvalue weighted by atomic mass is 9.85. The molecular formula is C18H31FN4O. The van der Waals surface area contributed by atoms with Crippen molar-refractivity contribution in [2.45, 2.75) is 87.7 Å². The van der Waals surface area contributed by atoms with Crippen LogP contribution in [0.15, 0.2) is 0 Å². The number of hydrogen-bond acceptors (Lipinski definition) is 3. The Morgan fingerprint density at radius 3 is 2.54 bits per heavy atom. The van der Waals surface area contributed by atoms with E-state index >= 15 is 0 Å². The van der Waals surface area contributed by atoms with Gasteiger partial charge in [-0.25, -0.2) is 9.18 Å². The second kappa shape index (κ2) is 6.79. The summed E-state index contributed by atoms with van der Waals surface area (Å²) in [5.74, 6) is 0. The lowest BCUT2D eigenvalue weighted by molar-refractivity contribution is 0.143. The molecule has 2 saturated heterocycles. The van der Waals surface area contributed by atoms with Crippen LogP contribution in [0.25, 0.3) is 0 Å². The van der Waals surface area contributed by atoms with Crippen LogP contribution in [0.4, 0.5) is 9.18 Å². The standard InChI is InChI=1S/C18H31FN4O/c1-22-9-8-15(11-22)23-17-7-6-14(10-16(17)21-18(23)24)20-13-4-2-12(19)3-5-13/h12-17,20H,2-11H2,1H3,(H,21,24). The summed E-state index contributed by atoms with van der Waals surface area (Å²) in [5, 5.41) is 6.99. The Labute approximate surface area is 144 Å². The van der Waals surface area contributed by atoms with Crippen molar-refractivity contribution in [3.63, 3.8) is 0 Å². The van der Waals surface area contributed by atoms with E-state index in [0.29, 0.717) is 37.0 Å². The van der Waals surface area contributed by atoms with E-state index in [4.69, 9.17) is 0 Å². The second-order valence-corrected chi connectivity index (χ2v) is 8.36. The zero-order chi connectivity index (χ0) is 16.7. The van der Waals surface area contributed by atoms with E-state index in [9.17, 15) is 9.18 Å². The monoisotopic (exact) mass is 338 g/mol. The number of halogens is 1. The Hall–Kier alpha value is -0.880. The Morgan fingerprint density at radius 1 is 1.08 bits per heavy atom. The first-order chi connectivity index (χ1) is 11.6. The van der Waals surface area contributed by atoms with Crippen molar-refractivity contribution in [1.29, 1.82) is 0 Å². The molecule has 4 rings (SSSR count). The van der Waals surface area contributed by atoms with Crippen LogP contribution >= 0.6 is 0 Å². The molecule has 6 heteroatoms. The van der Waals surface area contributed by atoms with Crippen LogP contribution in [0.3, 0.4) is 0 Å². The van der Waals surface area contributed by atoms with Gasteiger partial charge in [0.25, 0.3) is 0 Å². The quantitative estimate of drug-likeness (QED) is 0.826. The normalized spacial score (nSPS) is 43.8. The fraction of sp³-hybridized carbons (Fsp3) is 0.944. The lowest BCUT2D eigenvalue weighted by Gasteiger charge is -2.39. The molecule has 24 heavy (non-hydrogen) atoms. The van der Waals surface area contributed by atoms with Crippen LogP contribution in [0.1, 0.15) is 51.4 Å². The number of likely N-dealkylation sites (N-methyl/N-ethyl adjacent to an activating group) is 1. The summed E-state index contributed by atoms with van der Waals surface area (Å²) in [4.78, 5) is 17.0. The largest absolute Gasteiger partial charge is 0.333 e. The van der Waals surface area contributed by atoms with Crippen LogP contribution in [0.2, 0.25) is 0 Å². The van der Waals surface area contributed by atoms with E-state index in [-0.39, 0.29) is 12.1 Å². The van der Waals surface area contributed by atoms with Crippen LogP contribution in [0, 0.1) is 0 Å². The molecule has 2 amide bonds. The highest BCUT2D eigenvalue weighted by molar-refractivity contribution is 5.78. The SMILES string of the molecule is CN1CCC(N2C(=O)NC3CC(NC4CCC(F)CC4)CCC32)C1. The molecule has 0 aromatic heterocycles. The number of rotatable bonds is 3. The van der Waals surface area contributed by atoms with Gasteiger partial charge >= 0.3 is 6.03 Å². The van der Waals surface area contributed by atoms with Gasteiger partial charge in [-0.2, -0.15) is 0 Å². The minimum absolute atomic E-state index is 0.142. The fourth-order valence-electron chi connectivity index (χ4n) is 5.31. The van der Waals surface area contributed by atoms with Gasteiger partial charge < -0.3 is 20.4 Å². The van der Waals surface area contributed by atoms with Crippen molar-refractivity contribution in [3.05, 3.63) is 0 Å². The molecule has 0 radical (unpaired) electrons. The number of likely N-dealkylation sites (tertiary alicyclic amines) is 1. The van der Waals surface area contributed by atoms with E-state index in [0.717, 1.165) is 51.6 Å². The van der Waals surface area contributed by atoms with Gasteiger partial charge in [0.2, 0.25) is 0 Å². The molecule has 2 aliphatic heterocycles. The van der Waals surface area contributed by atoms with Crippen LogP contribution in [-0.4, -0.2) is 72.3 Å². The Bertz CT molecular complexity index is 468. The molecule has 5 nitrogen and oxygen atoms in total. The van der Waals surface area contributed by atoms with E-state index in [1.165, 1.54) is 0 Å². The first-order valence-electron chi connectivity index (χ1n) is 9.77. The van der Waals surface area contributed by atoms with E-state index in [1.807, 2.05) is 0 Å². The van der Waals surface area contributed by atoms with Gasteiger partial charge in [-0.3, -0.25) is 0 Å². The maximum Gasteiger partial charge on any atom is 0.318 e. The number of urea groups is 1. The van der Waals surface area contributed by atoms with Crippen LogP contribution < -0.4 is 10.6 Å². The molecule has 4 aliphatic rings. The molecule has 4 unspecified atom stereocenters. The number of nitrogens with zero attached hydrogens (tertiary/aromatic N) is 2. The highest BCUT2D eigenvalue weighted by Gasteiger charge is 2.46. The molecule has 2 saturated carbocycles. The van der Waals surface area contributed by atoms with Crippen LogP contribution in [0.5, 0.6) is 0 Å². The van der Waals surface area contributed by atoms with Crippen molar-refractivity contribution in [1.82, 2.24) is 20.4 Å². The minimum Gasteiger partial charge on any atom is -0.333 e. The van der Waals surface area contributed by atoms with E-state index in [1.54, 1.807) is 0 Å². The van der Waals surface area contributed by atoms with Crippen molar-refractivity contribution in [3.8, 4) is 0 Å². The van der Waals surface area contributed by atoms with Crippen molar-refractivity contribution >= 4 is 6.03 Å². The zero-order valence-corrected chi connectivity index (χ0v) is 14.7. The van der Waals surface area contributed by atoms with Gasteiger partial charge in [-0.15, -0.1) is 0 Å². The highest BCUT2D eigenvalue weighted by Crippen LogP contribution is 2.33. The molecule has 136 valence electrons. The summed E-state index contributed by atoms with van der Waals surface area (Å²) in [6.07, 6.45) is 7.06. The fourth-order valence-corrected chi connectivity index (χ4v) is 5.31. The predicted octanol–water partition coefficient (Wildman–Crippen LogP) is 1.88. The predicted molar refractivity (Wildman–Crippen MR) is 91.8 cm³/mol. The molecule has 2 aliphatic carbocycles. The van der Waals surface area contributed by atoms with Crippen LogP contribution in [-0.2, 0) is 0 Å². The second-order valence-electron chi connectivity index (χ2n) is 8.36. The summed E-state index contributed by atoms with van der Waals surface area (Å²) in [6, 6.07) is 2.12. The highest BCUT2D eigenvalue weighted by atomic mass is 19.1. The number of amides is 2. The van der Waals surface area contributed by atoms with Gasteiger partial charge in [0.15, 0.2) is 0 Å². The Morgan fingerprint density at radius 2 is 1.83 bits per heavy atom. The van der Waals surface area contributed by atoms with Crippen molar-refractivity contribution in [2.75, 3.05) is 20.1 Å². The lowest BCUT2D eigenvalue weighted by Crippen LogP contribution is -2.51. The number of fused-ring (bicyclic) bond motifs is 1. The number of carbonyl (C=O) groups is 1. The maximum atomic E-state index is 13.3. The van der Waals surface area contributed by atoms with Gasteiger partial charge in [-0.05, 0) is 65.0 Å². The van der Waals surface area contributed by atoms with Crippen molar-refractivity contribution < 1.29 is 9.18 Å². The molecule has 2 N–H and O–H groups in total. The molecule has 2 heterocycles. The molecular weight excluding hydrogens is 307 g/mol. The van der Waals surface area contributed by atoms with Gasteiger partial charge in [-0.1, -0.05) is 0 Å². The third-order valence-electron chi connectivity index (χ3n) is 6.60. The topological polar surface area (TPSA) is 47.6 Å². The van der Waals surface area contributed by atoms with Gasteiger partial charge in [0.05, 0.1) is 12.1 Å². The third-order valence-corrected chi connectivity index (χ3v) is 6.60. The van der Waals surface area contributed by atoms with E-state index < -0.39 is 6.17 Å². The summed E-state index contributed by atoms with van der Waals surface area (Å²) < 4.78 is 13.3. The zero-order valence-electron chi connectivity index (χ0n) is 14.7. The molecule has 0 aromatic carbocycles. The average Bonchev–Trinajstić information content (AvgIpc) is 3.11. The molecule has 0 aromatic rings. The van der Waals surface area contributed by atoms with Crippen molar-refractivity contribution in [2.24, 2.45) is 0 Å². The summed E-state index contributed by atoms with van der Waals surface area (Å²) in [5.41, 5.74) is 0. The summed E-state index contributed by atoms with van der Waals surface area (Å²) in [7, 11) is 2.14. The summed E-state index contributed by atoms with van der Waals surface area (Å²) >= 11 is 0. The summed E-state index contributed by atoms with van der Waals surface area (Å²) in [6.45, 7) is 2.10. The number of alkyl halides is 1. The Balaban J connectivity index is 1.32. The molecule has 0 spiro atoms. The smallest absolute Gasteiger partial charge is 0.318 e. The maximum absolute atomic E-state index is 13.3. The minimum atomic E-state index is -0.592. The molecule has 4 fully saturated rings. The first-order valence-corrected chi connectivity index (χ1v) is 9.77. The number of hydrogen-bond donors (Lipinski definition) is 2.